The van der Waals surface area contributed by atoms with Crippen LogP contribution in [0.5, 0.6) is 11.5 Å². The van der Waals surface area contributed by atoms with Gasteiger partial charge in [0.25, 0.3) is 0 Å². The van der Waals surface area contributed by atoms with E-state index in [9.17, 15) is 0 Å². The van der Waals surface area contributed by atoms with E-state index < -0.39 is 0 Å². The van der Waals surface area contributed by atoms with Crippen molar-refractivity contribution in [3.8, 4) is 11.5 Å². The first-order valence-corrected chi connectivity index (χ1v) is 7.74. The Morgan fingerprint density at radius 1 is 1.09 bits per heavy atom. The van der Waals surface area contributed by atoms with Crippen LogP contribution >= 0.6 is 0 Å². The Hall–Kier alpha value is -2.62. The summed E-state index contributed by atoms with van der Waals surface area (Å²) in [5, 5.41) is 1.14. The first-order valence-electron chi connectivity index (χ1n) is 7.74. The molecule has 0 bridgehead atoms. The molecule has 0 saturated carbocycles. The maximum atomic E-state index is 5.96. The molecule has 3 aromatic rings. The third kappa shape index (κ3) is 3.11. The molecule has 120 valence electrons. The molecule has 0 aliphatic carbocycles. The van der Waals surface area contributed by atoms with Crippen molar-refractivity contribution >= 4 is 16.6 Å². The van der Waals surface area contributed by atoms with E-state index in [1.807, 2.05) is 36.4 Å². The van der Waals surface area contributed by atoms with Crippen LogP contribution in [0.15, 0.2) is 48.7 Å². The van der Waals surface area contributed by atoms with Gasteiger partial charge in [-0.25, -0.2) is 0 Å². The van der Waals surface area contributed by atoms with E-state index >= 15 is 0 Å². The molecule has 0 unspecified atom stereocenters. The van der Waals surface area contributed by atoms with Crippen molar-refractivity contribution in [2.75, 3.05) is 12.8 Å². The van der Waals surface area contributed by atoms with Crippen LogP contribution in [0.2, 0.25) is 0 Å². The second kappa shape index (κ2) is 6.24. The van der Waals surface area contributed by atoms with E-state index in [2.05, 4.69) is 30.7 Å². The van der Waals surface area contributed by atoms with Crippen LogP contribution in [0.1, 0.15) is 25.5 Å². The number of nitrogens with two attached hydrogens (primary N) is 1. The van der Waals surface area contributed by atoms with Crippen molar-refractivity contribution in [2.24, 2.45) is 0 Å². The Balaban J connectivity index is 1.91. The number of anilines is 1. The highest BCUT2D eigenvalue weighted by Crippen LogP contribution is 2.28. The van der Waals surface area contributed by atoms with Gasteiger partial charge >= 0.3 is 0 Å². The smallest absolute Gasteiger partial charge is 0.123 e. The standard InChI is InChI=1S/C19H22N2O2/c1-13(2)21-11-14(18-9-15(20)7-8-19(18)21)12-23-17-6-4-5-16(10-17)22-3/h4-11,13H,12,20H2,1-3H3. The average Bonchev–Trinajstić information content (AvgIpc) is 2.91. The largest absolute Gasteiger partial charge is 0.497 e. The van der Waals surface area contributed by atoms with E-state index in [0.29, 0.717) is 12.6 Å². The summed E-state index contributed by atoms with van der Waals surface area (Å²) >= 11 is 0. The van der Waals surface area contributed by atoms with Crippen LogP contribution in [-0.4, -0.2) is 11.7 Å². The Kier molecular flexibility index (Phi) is 4.15. The molecule has 4 heteroatoms. The average molecular weight is 310 g/mol. The lowest BCUT2D eigenvalue weighted by molar-refractivity contribution is 0.304. The highest BCUT2D eigenvalue weighted by Gasteiger charge is 2.11. The zero-order chi connectivity index (χ0) is 16.4. The van der Waals surface area contributed by atoms with E-state index in [0.717, 1.165) is 28.1 Å². The monoisotopic (exact) mass is 310 g/mol. The van der Waals surface area contributed by atoms with E-state index in [1.54, 1.807) is 7.11 Å². The zero-order valence-electron chi connectivity index (χ0n) is 13.7. The van der Waals surface area contributed by atoms with Crippen molar-refractivity contribution < 1.29 is 9.47 Å². The van der Waals surface area contributed by atoms with E-state index in [-0.39, 0.29) is 0 Å². The Bertz CT molecular complexity index is 821. The number of aromatic nitrogens is 1. The molecule has 23 heavy (non-hydrogen) atoms. The molecule has 2 N–H and O–H groups in total. The molecule has 0 saturated heterocycles. The van der Waals surface area contributed by atoms with Gasteiger partial charge in [-0.15, -0.1) is 0 Å². The van der Waals surface area contributed by atoms with Gasteiger partial charge in [0.05, 0.1) is 7.11 Å². The summed E-state index contributed by atoms with van der Waals surface area (Å²) in [4.78, 5) is 0. The van der Waals surface area contributed by atoms with Gasteiger partial charge in [-0.3, -0.25) is 0 Å². The quantitative estimate of drug-likeness (QED) is 0.711. The third-order valence-electron chi connectivity index (χ3n) is 3.93. The maximum Gasteiger partial charge on any atom is 0.123 e. The fourth-order valence-corrected chi connectivity index (χ4v) is 2.74. The van der Waals surface area contributed by atoms with Gasteiger partial charge in [-0.1, -0.05) is 6.07 Å². The minimum Gasteiger partial charge on any atom is -0.497 e. The van der Waals surface area contributed by atoms with Crippen molar-refractivity contribution in [3.05, 3.63) is 54.2 Å². The summed E-state index contributed by atoms with van der Waals surface area (Å²) in [5.41, 5.74) is 9.03. The first kappa shape index (κ1) is 15.3. The molecule has 4 nitrogen and oxygen atoms in total. The van der Waals surface area contributed by atoms with E-state index in [4.69, 9.17) is 15.2 Å². The second-order valence-electron chi connectivity index (χ2n) is 5.90. The van der Waals surface area contributed by atoms with Crippen LogP contribution in [0, 0.1) is 0 Å². The normalized spacial score (nSPS) is 11.1. The lowest BCUT2D eigenvalue weighted by Crippen LogP contribution is -1.98. The molecule has 1 heterocycles. The predicted molar refractivity (Wildman–Crippen MR) is 94.1 cm³/mol. The molecular formula is C19H22N2O2. The van der Waals surface area contributed by atoms with Crippen molar-refractivity contribution in [2.45, 2.75) is 26.5 Å². The second-order valence-corrected chi connectivity index (χ2v) is 5.90. The fourth-order valence-electron chi connectivity index (χ4n) is 2.74. The summed E-state index contributed by atoms with van der Waals surface area (Å²) in [6.07, 6.45) is 2.15. The number of hydrogen-bond donors (Lipinski definition) is 1. The maximum absolute atomic E-state index is 5.96. The lowest BCUT2D eigenvalue weighted by atomic mass is 10.1. The lowest BCUT2D eigenvalue weighted by Gasteiger charge is -2.08. The molecule has 0 spiro atoms. The SMILES string of the molecule is COc1cccc(OCc2cn(C(C)C)c3ccc(N)cc23)c1. The number of benzene rings is 2. The molecule has 0 radical (unpaired) electrons. The minimum atomic E-state index is 0.381. The number of nitrogen functional groups attached to an aromatic ring is 1. The van der Waals surface area contributed by atoms with Gasteiger partial charge in [-0.2, -0.15) is 0 Å². The zero-order valence-corrected chi connectivity index (χ0v) is 13.7. The van der Waals surface area contributed by atoms with Crippen LogP contribution in [0.25, 0.3) is 10.9 Å². The highest BCUT2D eigenvalue weighted by atomic mass is 16.5. The van der Waals surface area contributed by atoms with Crippen LogP contribution in [-0.2, 0) is 6.61 Å². The number of ether oxygens (including phenoxy) is 2. The summed E-state index contributed by atoms with van der Waals surface area (Å²) in [6, 6.07) is 14.0. The van der Waals surface area contributed by atoms with Gasteiger partial charge in [0.1, 0.15) is 18.1 Å². The number of hydrogen-bond acceptors (Lipinski definition) is 3. The van der Waals surface area contributed by atoms with Crippen molar-refractivity contribution in [3.63, 3.8) is 0 Å². The fraction of sp³-hybridized carbons (Fsp3) is 0.263. The molecule has 0 aliphatic rings. The number of fused-ring (bicyclic) bond motifs is 1. The summed E-state index contributed by atoms with van der Waals surface area (Å²) in [7, 11) is 1.65. The third-order valence-corrected chi connectivity index (χ3v) is 3.93. The van der Waals surface area contributed by atoms with E-state index in [1.165, 1.54) is 5.52 Å². The Morgan fingerprint density at radius 2 is 1.87 bits per heavy atom. The van der Waals surface area contributed by atoms with Crippen LogP contribution < -0.4 is 15.2 Å². The molecule has 0 fully saturated rings. The Labute approximate surface area is 136 Å². The number of nitrogens with zero attached hydrogens (tertiary/aromatic N) is 1. The van der Waals surface area contributed by atoms with Crippen LogP contribution in [0.3, 0.4) is 0 Å². The van der Waals surface area contributed by atoms with Gasteiger partial charge in [0, 0.05) is 40.5 Å². The van der Waals surface area contributed by atoms with Gasteiger partial charge in [0.2, 0.25) is 0 Å². The number of rotatable bonds is 5. The summed E-state index contributed by atoms with van der Waals surface area (Å²) in [5.74, 6) is 1.58. The summed E-state index contributed by atoms with van der Waals surface area (Å²) in [6.45, 7) is 4.83. The van der Waals surface area contributed by atoms with Crippen LogP contribution in [0.4, 0.5) is 5.69 Å². The molecule has 0 amide bonds. The Morgan fingerprint density at radius 3 is 2.61 bits per heavy atom. The van der Waals surface area contributed by atoms with Gasteiger partial charge < -0.3 is 19.8 Å². The summed E-state index contributed by atoms with van der Waals surface area (Å²) < 4.78 is 13.4. The molecular weight excluding hydrogens is 288 g/mol. The first-order chi connectivity index (χ1) is 11.1. The predicted octanol–water partition coefficient (Wildman–Crippen LogP) is 4.39. The minimum absolute atomic E-state index is 0.381. The van der Waals surface area contributed by atoms with Gasteiger partial charge in [-0.05, 0) is 44.2 Å². The van der Waals surface area contributed by atoms with Crippen molar-refractivity contribution in [1.29, 1.82) is 0 Å². The number of methoxy groups -OCH3 is 1. The van der Waals surface area contributed by atoms with Crippen molar-refractivity contribution in [1.82, 2.24) is 4.57 Å². The molecule has 1 aromatic heterocycles. The molecule has 3 rings (SSSR count). The molecule has 0 aliphatic heterocycles. The molecule has 2 aromatic carbocycles. The highest BCUT2D eigenvalue weighted by molar-refractivity contribution is 5.87. The molecule has 0 atom stereocenters. The topological polar surface area (TPSA) is 49.4 Å². The van der Waals surface area contributed by atoms with Gasteiger partial charge in [0.15, 0.2) is 0 Å².